The van der Waals surface area contributed by atoms with E-state index in [0.29, 0.717) is 4.90 Å². The van der Waals surface area contributed by atoms with Crippen LogP contribution in [0.1, 0.15) is 27.1 Å². The lowest BCUT2D eigenvalue weighted by atomic mass is 9.90. The van der Waals surface area contributed by atoms with Gasteiger partial charge < -0.3 is 10.4 Å². The van der Waals surface area contributed by atoms with E-state index in [4.69, 9.17) is 5.11 Å². The summed E-state index contributed by atoms with van der Waals surface area (Å²) in [5.74, 6) is -6.63. The third kappa shape index (κ3) is 2.49. The lowest BCUT2D eigenvalue weighted by molar-refractivity contribution is -0.385. The van der Waals surface area contributed by atoms with Crippen molar-refractivity contribution in [3.05, 3.63) is 39.4 Å². The van der Waals surface area contributed by atoms with Gasteiger partial charge in [-0.15, -0.1) is 0 Å². The van der Waals surface area contributed by atoms with Crippen LogP contribution < -0.4 is 5.32 Å². The number of carbonyl (C=O) groups is 5. The van der Waals surface area contributed by atoms with Gasteiger partial charge in [-0.3, -0.25) is 34.2 Å². The number of nitrogens with one attached hydrogen (secondary N) is 1. The summed E-state index contributed by atoms with van der Waals surface area (Å²) in [5.41, 5.74) is -1.22. The highest BCUT2D eigenvalue weighted by Gasteiger charge is 2.49. The van der Waals surface area contributed by atoms with E-state index in [-0.39, 0.29) is 18.5 Å². The average Bonchev–Trinajstić information content (AvgIpc) is 2.86. The second kappa shape index (κ2) is 6.02. The van der Waals surface area contributed by atoms with Crippen molar-refractivity contribution in [3.63, 3.8) is 0 Å². The van der Waals surface area contributed by atoms with Crippen LogP contribution in [0.5, 0.6) is 0 Å². The molecule has 0 aliphatic carbocycles. The standard InChI is InChI=1S/C15H11N3O8/c19-11(15(23)24)6-4-9(12(20)16-5-6)17-13(21)7-2-1-3-8(18(25)26)10(7)14(17)22/h1-3,6,9H,4-5H2,(H,16,20)(H,23,24). The molecule has 2 unspecified atom stereocenters. The maximum atomic E-state index is 12.6. The molecule has 0 spiro atoms. The summed E-state index contributed by atoms with van der Waals surface area (Å²) in [6, 6.07) is 2.10. The van der Waals surface area contributed by atoms with Gasteiger partial charge in [-0.2, -0.15) is 0 Å². The van der Waals surface area contributed by atoms with Gasteiger partial charge in [0.15, 0.2) is 0 Å². The minimum atomic E-state index is -1.69. The molecule has 2 aliphatic heterocycles. The number of nitrogens with zero attached hydrogens (tertiary/aromatic N) is 2. The Hall–Kier alpha value is -3.63. The van der Waals surface area contributed by atoms with Gasteiger partial charge in [-0.1, -0.05) is 6.07 Å². The normalized spacial score (nSPS) is 22.0. The molecule has 11 nitrogen and oxygen atoms in total. The topological polar surface area (TPSA) is 164 Å². The van der Waals surface area contributed by atoms with Crippen molar-refractivity contribution in [2.45, 2.75) is 12.5 Å². The van der Waals surface area contributed by atoms with Crippen molar-refractivity contribution < 1.29 is 34.0 Å². The number of hydrogen-bond acceptors (Lipinski definition) is 7. The Balaban J connectivity index is 1.98. The summed E-state index contributed by atoms with van der Waals surface area (Å²) in [4.78, 5) is 70.6. The first-order valence-corrected chi connectivity index (χ1v) is 7.44. The minimum absolute atomic E-state index is 0.219. The van der Waals surface area contributed by atoms with E-state index in [1.807, 2.05) is 0 Å². The fraction of sp³-hybridized carbons (Fsp3) is 0.267. The monoisotopic (exact) mass is 361 g/mol. The van der Waals surface area contributed by atoms with Crippen LogP contribution in [0.4, 0.5) is 5.69 Å². The first-order chi connectivity index (χ1) is 12.2. The molecule has 26 heavy (non-hydrogen) atoms. The summed E-state index contributed by atoms with van der Waals surface area (Å²) in [6.07, 6.45) is -0.365. The second-order valence-corrected chi connectivity index (χ2v) is 5.80. The summed E-state index contributed by atoms with van der Waals surface area (Å²) in [5, 5.41) is 22.2. The molecule has 2 N–H and O–H groups in total. The molecular weight excluding hydrogens is 350 g/mol. The van der Waals surface area contributed by atoms with Crippen LogP contribution in [0.15, 0.2) is 18.2 Å². The predicted molar refractivity (Wildman–Crippen MR) is 81.1 cm³/mol. The third-order valence-corrected chi connectivity index (χ3v) is 4.35. The van der Waals surface area contributed by atoms with Gasteiger partial charge >= 0.3 is 5.97 Å². The Bertz CT molecular complexity index is 893. The fourth-order valence-corrected chi connectivity index (χ4v) is 3.12. The number of fused-ring (bicyclic) bond motifs is 1. The fourth-order valence-electron chi connectivity index (χ4n) is 3.12. The number of rotatable bonds is 4. The van der Waals surface area contributed by atoms with Gasteiger partial charge in [-0.25, -0.2) is 4.79 Å². The number of amides is 3. The number of carbonyl (C=O) groups excluding carboxylic acids is 4. The molecular formula is C15H11N3O8. The number of ketones is 1. The van der Waals surface area contributed by atoms with Gasteiger partial charge in [0.25, 0.3) is 17.5 Å². The van der Waals surface area contributed by atoms with Crippen LogP contribution in [-0.2, 0) is 14.4 Å². The van der Waals surface area contributed by atoms with Gasteiger partial charge in [0.2, 0.25) is 11.7 Å². The van der Waals surface area contributed by atoms with E-state index in [1.54, 1.807) is 0 Å². The molecule has 0 bridgehead atoms. The summed E-state index contributed by atoms with van der Waals surface area (Å²) < 4.78 is 0. The zero-order valence-electron chi connectivity index (χ0n) is 13.0. The van der Waals surface area contributed by atoms with E-state index in [9.17, 15) is 34.1 Å². The average molecular weight is 361 g/mol. The van der Waals surface area contributed by atoms with Crippen LogP contribution in [0.3, 0.4) is 0 Å². The largest absolute Gasteiger partial charge is 0.475 e. The summed E-state index contributed by atoms with van der Waals surface area (Å²) >= 11 is 0. The molecule has 1 aromatic carbocycles. The van der Waals surface area contributed by atoms with Gasteiger partial charge in [-0.05, 0) is 12.5 Å². The molecule has 2 atom stereocenters. The molecule has 1 aromatic rings. The molecule has 3 amide bonds. The van der Waals surface area contributed by atoms with Crippen molar-refractivity contribution in [3.8, 4) is 0 Å². The zero-order chi connectivity index (χ0) is 19.2. The molecule has 2 heterocycles. The summed E-state index contributed by atoms with van der Waals surface area (Å²) in [6.45, 7) is -0.232. The number of piperidine rings is 1. The second-order valence-electron chi connectivity index (χ2n) is 5.80. The van der Waals surface area contributed by atoms with E-state index in [0.717, 1.165) is 6.07 Å². The predicted octanol–water partition coefficient (Wildman–Crippen LogP) is -0.651. The van der Waals surface area contributed by atoms with Crippen LogP contribution in [0.25, 0.3) is 0 Å². The van der Waals surface area contributed by atoms with Crippen molar-refractivity contribution in [1.82, 2.24) is 10.2 Å². The highest BCUT2D eigenvalue weighted by molar-refractivity contribution is 6.34. The Morgan fingerprint density at radius 1 is 1.23 bits per heavy atom. The molecule has 2 aliphatic rings. The van der Waals surface area contributed by atoms with Gasteiger partial charge in [0.05, 0.1) is 10.5 Å². The Kier molecular flexibility index (Phi) is 3.98. The lowest BCUT2D eigenvalue weighted by Gasteiger charge is -2.32. The quantitative estimate of drug-likeness (QED) is 0.309. The number of nitro groups is 1. The minimum Gasteiger partial charge on any atom is -0.475 e. The molecule has 1 saturated heterocycles. The first kappa shape index (κ1) is 17.2. The molecule has 3 rings (SSSR count). The highest BCUT2D eigenvalue weighted by atomic mass is 16.6. The van der Waals surface area contributed by atoms with Crippen molar-refractivity contribution in [1.29, 1.82) is 0 Å². The molecule has 0 aromatic heterocycles. The number of carboxylic acid groups (broad SMARTS) is 1. The molecule has 11 heteroatoms. The third-order valence-electron chi connectivity index (χ3n) is 4.35. The highest BCUT2D eigenvalue weighted by Crippen LogP contribution is 2.33. The zero-order valence-corrected chi connectivity index (χ0v) is 13.0. The van der Waals surface area contributed by atoms with Crippen molar-refractivity contribution in [2.24, 2.45) is 5.92 Å². The van der Waals surface area contributed by atoms with E-state index < -0.39 is 57.6 Å². The van der Waals surface area contributed by atoms with Crippen molar-refractivity contribution in [2.75, 3.05) is 6.54 Å². The molecule has 1 fully saturated rings. The van der Waals surface area contributed by atoms with Crippen molar-refractivity contribution >= 4 is 35.2 Å². The number of carboxylic acids is 1. The number of Topliss-reactive ketones (excluding diaryl/α,β-unsaturated/α-hetero) is 1. The van der Waals surface area contributed by atoms with Crippen LogP contribution in [0, 0.1) is 16.0 Å². The number of hydrogen-bond donors (Lipinski definition) is 2. The molecule has 0 saturated carbocycles. The number of imide groups is 1. The Labute approximate surface area is 144 Å². The van der Waals surface area contributed by atoms with E-state index >= 15 is 0 Å². The smallest absolute Gasteiger partial charge is 0.372 e. The number of nitro benzene ring substituents is 1. The number of benzene rings is 1. The van der Waals surface area contributed by atoms with Crippen LogP contribution in [0.2, 0.25) is 0 Å². The maximum absolute atomic E-state index is 12.6. The van der Waals surface area contributed by atoms with Crippen LogP contribution in [-0.4, -0.2) is 57.0 Å². The lowest BCUT2D eigenvalue weighted by Crippen LogP contribution is -2.56. The van der Waals surface area contributed by atoms with Gasteiger partial charge in [0, 0.05) is 18.5 Å². The molecule has 134 valence electrons. The summed E-state index contributed by atoms with van der Waals surface area (Å²) in [7, 11) is 0. The Morgan fingerprint density at radius 3 is 2.54 bits per heavy atom. The van der Waals surface area contributed by atoms with Crippen LogP contribution >= 0.6 is 0 Å². The van der Waals surface area contributed by atoms with Gasteiger partial charge in [0.1, 0.15) is 11.6 Å². The first-order valence-electron chi connectivity index (χ1n) is 7.44. The molecule has 0 radical (unpaired) electrons. The van der Waals surface area contributed by atoms with E-state index in [1.165, 1.54) is 12.1 Å². The Morgan fingerprint density at radius 2 is 1.92 bits per heavy atom. The van der Waals surface area contributed by atoms with E-state index in [2.05, 4.69) is 5.32 Å². The number of aliphatic carboxylic acids is 1. The SMILES string of the molecule is O=C(O)C(=O)C1CNC(=O)C(N2C(=O)c3cccc([N+](=O)[O-])c3C2=O)C1. The maximum Gasteiger partial charge on any atom is 0.372 e.